The van der Waals surface area contributed by atoms with Crippen LogP contribution in [-0.2, 0) is 5.41 Å². The van der Waals surface area contributed by atoms with Gasteiger partial charge in [-0.1, -0.05) is 115 Å². The zero-order chi connectivity index (χ0) is 32.1. The van der Waals surface area contributed by atoms with E-state index in [1.165, 1.54) is 87.3 Å². The van der Waals surface area contributed by atoms with E-state index in [9.17, 15) is 0 Å². The van der Waals surface area contributed by atoms with Crippen molar-refractivity contribution in [2.75, 3.05) is 4.90 Å². The molecule has 7 aromatic carbocycles. The minimum atomic E-state index is 0.195. The van der Waals surface area contributed by atoms with Crippen molar-refractivity contribution in [2.45, 2.75) is 37.5 Å². The van der Waals surface area contributed by atoms with Gasteiger partial charge in [-0.3, -0.25) is 0 Å². The van der Waals surface area contributed by atoms with Crippen LogP contribution >= 0.6 is 0 Å². The molecule has 0 aliphatic heterocycles. The summed E-state index contributed by atoms with van der Waals surface area (Å²) in [6.45, 7) is 0. The van der Waals surface area contributed by atoms with Crippen molar-refractivity contribution in [1.82, 2.24) is 0 Å². The van der Waals surface area contributed by atoms with Crippen molar-refractivity contribution >= 4 is 38.6 Å². The van der Waals surface area contributed by atoms with Gasteiger partial charge in [-0.15, -0.1) is 0 Å². The molecule has 4 fully saturated rings. The normalized spacial score (nSPS) is 24.4. The molecule has 5 aliphatic rings. The first-order valence-electron chi connectivity index (χ1n) is 18.4. The van der Waals surface area contributed by atoms with Crippen LogP contribution < -0.4 is 4.90 Å². The third-order valence-corrected chi connectivity index (χ3v) is 13.0. The Balaban J connectivity index is 1.03. The van der Waals surface area contributed by atoms with Gasteiger partial charge in [0.25, 0.3) is 0 Å². The summed E-state index contributed by atoms with van der Waals surface area (Å²) < 4.78 is 0. The Kier molecular flexibility index (Phi) is 5.91. The monoisotopic (exact) mass is 629 g/mol. The van der Waals surface area contributed by atoms with E-state index in [1.54, 1.807) is 11.1 Å². The summed E-state index contributed by atoms with van der Waals surface area (Å²) in [7, 11) is 0. The molecule has 236 valence electrons. The largest absolute Gasteiger partial charge is 0.310 e. The van der Waals surface area contributed by atoms with Crippen molar-refractivity contribution in [3.05, 3.63) is 163 Å². The first-order valence-corrected chi connectivity index (χ1v) is 18.4. The summed E-state index contributed by atoms with van der Waals surface area (Å²) in [5.74, 6) is 3.47. The first kappa shape index (κ1) is 27.8. The van der Waals surface area contributed by atoms with Crippen molar-refractivity contribution in [3.63, 3.8) is 0 Å². The summed E-state index contributed by atoms with van der Waals surface area (Å²) in [6, 6.07) is 57.0. The van der Waals surface area contributed by atoms with Crippen LogP contribution in [-0.4, -0.2) is 0 Å². The van der Waals surface area contributed by atoms with Crippen molar-refractivity contribution in [2.24, 2.45) is 23.7 Å². The lowest BCUT2D eigenvalue weighted by molar-refractivity contribution is -0.0399. The lowest BCUT2D eigenvalue weighted by atomic mass is 9.43. The molecule has 12 rings (SSSR count). The highest BCUT2D eigenvalue weighted by molar-refractivity contribution is 6.08. The van der Waals surface area contributed by atoms with E-state index < -0.39 is 0 Å². The molecule has 5 aliphatic carbocycles. The van der Waals surface area contributed by atoms with Crippen LogP contribution in [0, 0.1) is 23.7 Å². The Morgan fingerprint density at radius 1 is 0.429 bits per heavy atom. The molecule has 1 nitrogen and oxygen atoms in total. The van der Waals surface area contributed by atoms with Crippen LogP contribution in [0.15, 0.2) is 152 Å². The van der Waals surface area contributed by atoms with Gasteiger partial charge in [-0.25, -0.2) is 0 Å². The van der Waals surface area contributed by atoms with Crippen LogP contribution in [0.25, 0.3) is 43.8 Å². The van der Waals surface area contributed by atoms with Crippen LogP contribution in [0.3, 0.4) is 0 Å². The highest BCUT2D eigenvalue weighted by atomic mass is 15.1. The van der Waals surface area contributed by atoms with E-state index >= 15 is 0 Å². The number of fused-ring (bicyclic) bond motifs is 6. The Bertz CT molecular complexity index is 2370. The molecule has 0 unspecified atom stereocenters. The summed E-state index contributed by atoms with van der Waals surface area (Å²) in [5.41, 5.74) is 12.6. The minimum absolute atomic E-state index is 0.195. The fraction of sp³-hybridized carbons (Fsp3) is 0.208. The molecule has 1 heteroatoms. The van der Waals surface area contributed by atoms with Gasteiger partial charge in [0.15, 0.2) is 0 Å². The van der Waals surface area contributed by atoms with E-state index in [0.717, 1.165) is 29.4 Å². The number of hydrogen-bond acceptors (Lipinski definition) is 1. The van der Waals surface area contributed by atoms with Gasteiger partial charge in [-0.05, 0) is 147 Å². The maximum atomic E-state index is 2.51. The molecule has 0 heterocycles. The predicted molar refractivity (Wildman–Crippen MR) is 205 cm³/mol. The Morgan fingerprint density at radius 3 is 1.86 bits per heavy atom. The third kappa shape index (κ3) is 3.93. The molecule has 49 heavy (non-hydrogen) atoms. The number of para-hydroxylation sites is 1. The van der Waals surface area contributed by atoms with Gasteiger partial charge in [0, 0.05) is 22.5 Å². The van der Waals surface area contributed by atoms with Gasteiger partial charge in [0.2, 0.25) is 0 Å². The lowest BCUT2D eigenvalue weighted by Crippen LogP contribution is -2.55. The average molecular weight is 630 g/mol. The molecule has 0 atom stereocenters. The lowest BCUT2D eigenvalue weighted by Gasteiger charge is -2.61. The number of rotatable bonds is 4. The second-order valence-electron chi connectivity index (χ2n) is 15.4. The predicted octanol–water partition coefficient (Wildman–Crippen LogP) is 12.9. The zero-order valence-corrected chi connectivity index (χ0v) is 27.7. The standard InChI is InChI=1S/C48H39N/c1-2-10-38(11-3-1)49(40-23-24-42-35(30-40)18-17-33-9-4-5-12-41(33)42)39-21-19-34(20-22-39)43-14-8-16-46-47(43)44-13-6-7-15-45(44)48(46)36-26-31-25-32(28-36)29-37(48)27-31/h1-24,30-32,36-37H,25-29H2. The molecule has 4 saturated carbocycles. The SMILES string of the molecule is c1ccc(N(c2ccc(-c3cccc4c3-c3ccccc3C43C4CC5CC(C4)CC3C5)cc2)c2ccc3c(ccc4ccccc43)c2)cc1. The van der Waals surface area contributed by atoms with Gasteiger partial charge in [-0.2, -0.15) is 0 Å². The number of hydrogen-bond donors (Lipinski definition) is 0. The summed E-state index contributed by atoms with van der Waals surface area (Å²) in [4.78, 5) is 2.40. The van der Waals surface area contributed by atoms with Gasteiger partial charge >= 0.3 is 0 Å². The molecule has 0 aromatic heterocycles. The fourth-order valence-corrected chi connectivity index (χ4v) is 11.4. The molecular weight excluding hydrogens is 591 g/mol. The van der Waals surface area contributed by atoms with E-state index in [-0.39, 0.29) is 5.41 Å². The third-order valence-electron chi connectivity index (χ3n) is 13.0. The maximum Gasteiger partial charge on any atom is 0.0468 e. The van der Waals surface area contributed by atoms with Crippen molar-refractivity contribution in [3.8, 4) is 22.3 Å². The van der Waals surface area contributed by atoms with Gasteiger partial charge in [0.1, 0.15) is 0 Å². The first-order chi connectivity index (χ1) is 24.3. The Morgan fingerprint density at radius 2 is 1.04 bits per heavy atom. The highest BCUT2D eigenvalue weighted by Crippen LogP contribution is 2.70. The molecule has 7 aromatic rings. The highest BCUT2D eigenvalue weighted by Gasteiger charge is 2.61. The average Bonchev–Trinajstić information content (AvgIpc) is 3.45. The van der Waals surface area contributed by atoms with Crippen LogP contribution in [0.2, 0.25) is 0 Å². The molecule has 0 amide bonds. The van der Waals surface area contributed by atoms with E-state index in [4.69, 9.17) is 0 Å². The minimum Gasteiger partial charge on any atom is -0.310 e. The molecule has 0 radical (unpaired) electrons. The summed E-state index contributed by atoms with van der Waals surface area (Å²) in [6.07, 6.45) is 7.15. The van der Waals surface area contributed by atoms with Crippen LogP contribution in [0.5, 0.6) is 0 Å². The fourth-order valence-electron chi connectivity index (χ4n) is 11.4. The van der Waals surface area contributed by atoms with E-state index in [0.29, 0.717) is 0 Å². The quantitative estimate of drug-likeness (QED) is 0.175. The summed E-state index contributed by atoms with van der Waals surface area (Å²) in [5, 5.41) is 5.13. The second-order valence-corrected chi connectivity index (χ2v) is 15.4. The molecule has 0 N–H and O–H groups in total. The van der Waals surface area contributed by atoms with Crippen LogP contribution in [0.4, 0.5) is 17.1 Å². The molecular formula is C48H39N. The topological polar surface area (TPSA) is 3.24 Å². The van der Waals surface area contributed by atoms with E-state index in [1.807, 2.05) is 0 Å². The molecule has 4 bridgehead atoms. The molecule has 1 spiro atoms. The number of anilines is 3. The van der Waals surface area contributed by atoms with Crippen molar-refractivity contribution < 1.29 is 0 Å². The molecule has 0 saturated heterocycles. The van der Waals surface area contributed by atoms with E-state index in [2.05, 4.69) is 157 Å². The maximum absolute atomic E-state index is 2.51. The number of benzene rings is 7. The second kappa shape index (κ2) is 10.4. The zero-order valence-electron chi connectivity index (χ0n) is 27.7. The van der Waals surface area contributed by atoms with Gasteiger partial charge in [0.05, 0.1) is 0 Å². The Labute approximate surface area is 288 Å². The van der Waals surface area contributed by atoms with Crippen molar-refractivity contribution in [1.29, 1.82) is 0 Å². The van der Waals surface area contributed by atoms with Gasteiger partial charge < -0.3 is 4.90 Å². The summed E-state index contributed by atoms with van der Waals surface area (Å²) >= 11 is 0. The van der Waals surface area contributed by atoms with Crippen LogP contribution in [0.1, 0.15) is 43.2 Å². The number of nitrogens with zero attached hydrogens (tertiary/aromatic N) is 1. The Hall–Kier alpha value is -5.14. The smallest absolute Gasteiger partial charge is 0.0468 e.